The molecule has 0 unspecified atom stereocenters. The van der Waals surface area contributed by atoms with E-state index in [4.69, 9.17) is 16.3 Å². The molecule has 0 spiro atoms. The van der Waals surface area contributed by atoms with Crippen LogP contribution in [0.5, 0.6) is 0 Å². The summed E-state index contributed by atoms with van der Waals surface area (Å²) in [4.78, 5) is 14.5. The van der Waals surface area contributed by atoms with Gasteiger partial charge in [-0.2, -0.15) is 5.10 Å². The van der Waals surface area contributed by atoms with Crippen LogP contribution in [0.25, 0.3) is 10.9 Å². The first-order valence-corrected chi connectivity index (χ1v) is 6.53. The third-order valence-electron chi connectivity index (χ3n) is 2.45. The maximum absolute atomic E-state index is 11.4. The fraction of sp³-hybridized carbons (Fsp3) is 0.286. The smallest absolute Gasteiger partial charge is 0.428 e. The first-order valence-electron chi connectivity index (χ1n) is 6.15. The van der Waals surface area contributed by atoms with Crippen LogP contribution in [0, 0.1) is 0 Å². The fourth-order valence-electron chi connectivity index (χ4n) is 1.71. The third-order valence-corrected chi connectivity index (χ3v) is 2.74. The number of amides is 1. The van der Waals surface area contributed by atoms with E-state index in [9.17, 15) is 4.79 Å². The number of benzene rings is 1. The summed E-state index contributed by atoms with van der Waals surface area (Å²) < 4.78 is 5.07. The lowest BCUT2D eigenvalue weighted by atomic mass is 10.2. The van der Waals surface area contributed by atoms with Crippen molar-refractivity contribution in [3.05, 3.63) is 35.0 Å². The van der Waals surface area contributed by atoms with Gasteiger partial charge in [-0.25, -0.2) is 10.2 Å². The van der Waals surface area contributed by atoms with Crippen molar-refractivity contribution in [3.8, 4) is 0 Å². The molecule has 2 aromatic rings. The Bertz CT molecular complexity index is 656. The molecule has 0 aliphatic rings. The Morgan fingerprint density at radius 3 is 2.80 bits per heavy atom. The molecule has 1 aromatic carbocycles. The third kappa shape index (κ3) is 3.51. The summed E-state index contributed by atoms with van der Waals surface area (Å²) in [6.45, 7) is 5.35. The van der Waals surface area contributed by atoms with Crippen LogP contribution < -0.4 is 5.43 Å². The van der Waals surface area contributed by atoms with Gasteiger partial charge < -0.3 is 9.72 Å². The van der Waals surface area contributed by atoms with E-state index in [-0.39, 0.29) is 0 Å². The van der Waals surface area contributed by atoms with Gasteiger partial charge in [-0.15, -0.1) is 0 Å². The minimum Gasteiger partial charge on any atom is -0.443 e. The summed E-state index contributed by atoms with van der Waals surface area (Å²) in [6.07, 6.45) is 0.884. The first-order chi connectivity index (χ1) is 9.37. The van der Waals surface area contributed by atoms with Gasteiger partial charge in [0.1, 0.15) is 10.8 Å². The zero-order valence-corrected chi connectivity index (χ0v) is 12.3. The minimum atomic E-state index is -0.607. The fourth-order valence-corrected chi connectivity index (χ4v) is 1.96. The lowest BCUT2D eigenvalue weighted by Crippen LogP contribution is -2.29. The summed E-state index contributed by atoms with van der Waals surface area (Å²) in [5.74, 6) is 0. The molecule has 0 radical (unpaired) electrons. The van der Waals surface area contributed by atoms with Gasteiger partial charge in [0.2, 0.25) is 0 Å². The maximum atomic E-state index is 11.4. The Labute approximate surface area is 122 Å². The number of ether oxygens (including phenoxy) is 1. The van der Waals surface area contributed by atoms with Crippen molar-refractivity contribution >= 4 is 34.8 Å². The lowest BCUT2D eigenvalue weighted by Gasteiger charge is -2.18. The van der Waals surface area contributed by atoms with Crippen molar-refractivity contribution in [2.45, 2.75) is 26.4 Å². The minimum absolute atomic E-state index is 0.473. The van der Waals surface area contributed by atoms with Crippen LogP contribution in [0.15, 0.2) is 29.4 Å². The molecular formula is C14H16ClN3O2. The van der Waals surface area contributed by atoms with E-state index in [1.165, 1.54) is 6.21 Å². The molecule has 0 bridgehead atoms. The highest BCUT2D eigenvalue weighted by molar-refractivity contribution is 6.34. The van der Waals surface area contributed by atoms with Crippen LogP contribution in [0.3, 0.4) is 0 Å². The van der Waals surface area contributed by atoms with Crippen molar-refractivity contribution < 1.29 is 9.53 Å². The average molecular weight is 294 g/mol. The summed E-state index contributed by atoms with van der Waals surface area (Å²) >= 11 is 6.10. The zero-order chi connectivity index (χ0) is 14.8. The number of aromatic nitrogens is 1. The average Bonchev–Trinajstić information content (AvgIpc) is 2.64. The standard InChI is InChI=1S/C14H16ClN3O2/c1-14(2,3)20-13(19)18-16-8-10-9-6-4-5-7-11(9)17-12(10)15/h4-8,17H,1-3H3,(H,18,19)/b16-8+. The molecule has 0 saturated heterocycles. The predicted molar refractivity (Wildman–Crippen MR) is 80.3 cm³/mol. The van der Waals surface area contributed by atoms with Gasteiger partial charge in [0.15, 0.2) is 0 Å². The van der Waals surface area contributed by atoms with E-state index in [1.54, 1.807) is 20.8 Å². The molecule has 0 atom stereocenters. The quantitative estimate of drug-likeness (QED) is 0.655. The molecule has 6 heteroatoms. The highest BCUT2D eigenvalue weighted by atomic mass is 35.5. The molecule has 2 rings (SSSR count). The molecular weight excluding hydrogens is 278 g/mol. The first kappa shape index (κ1) is 14.4. The molecule has 2 N–H and O–H groups in total. The van der Waals surface area contributed by atoms with Gasteiger partial charge >= 0.3 is 6.09 Å². The van der Waals surface area contributed by atoms with Crippen LogP contribution >= 0.6 is 11.6 Å². The maximum Gasteiger partial charge on any atom is 0.428 e. The number of para-hydroxylation sites is 1. The number of hydrogen-bond donors (Lipinski definition) is 2. The van der Waals surface area contributed by atoms with Crippen molar-refractivity contribution in [1.82, 2.24) is 10.4 Å². The molecule has 0 fully saturated rings. The van der Waals surface area contributed by atoms with E-state index >= 15 is 0 Å². The van der Waals surface area contributed by atoms with Crippen LogP contribution in [0.2, 0.25) is 5.15 Å². The number of aromatic amines is 1. The Kier molecular flexibility index (Phi) is 3.99. The van der Waals surface area contributed by atoms with Gasteiger partial charge in [0.05, 0.1) is 6.21 Å². The zero-order valence-electron chi connectivity index (χ0n) is 11.5. The van der Waals surface area contributed by atoms with Crippen LogP contribution in [-0.4, -0.2) is 22.9 Å². The highest BCUT2D eigenvalue weighted by Crippen LogP contribution is 2.24. The van der Waals surface area contributed by atoms with Crippen LogP contribution in [0.1, 0.15) is 26.3 Å². The van der Waals surface area contributed by atoms with E-state index in [1.807, 2.05) is 24.3 Å². The number of H-pyrrole nitrogens is 1. The second kappa shape index (κ2) is 5.54. The number of fused-ring (bicyclic) bond motifs is 1. The van der Waals surface area contributed by atoms with Crippen LogP contribution in [0.4, 0.5) is 4.79 Å². The number of carbonyl (C=O) groups excluding carboxylic acids is 1. The second-order valence-electron chi connectivity index (χ2n) is 5.27. The Hall–Kier alpha value is -2.01. The summed E-state index contributed by atoms with van der Waals surface area (Å²) in [5.41, 5.74) is 3.38. The molecule has 1 amide bonds. The molecule has 0 saturated carbocycles. The number of halogens is 1. The van der Waals surface area contributed by atoms with Crippen molar-refractivity contribution in [2.75, 3.05) is 0 Å². The molecule has 1 heterocycles. The van der Waals surface area contributed by atoms with Gasteiger partial charge in [-0.3, -0.25) is 0 Å². The molecule has 0 aliphatic carbocycles. The van der Waals surface area contributed by atoms with E-state index in [2.05, 4.69) is 15.5 Å². The summed E-state index contributed by atoms with van der Waals surface area (Å²) in [7, 11) is 0. The monoisotopic (exact) mass is 293 g/mol. The number of hydrogen-bond acceptors (Lipinski definition) is 3. The normalized spacial score (nSPS) is 12.0. The number of nitrogens with zero attached hydrogens (tertiary/aromatic N) is 1. The Balaban J connectivity index is 2.11. The summed E-state index contributed by atoms with van der Waals surface area (Å²) in [6, 6.07) is 7.66. The number of nitrogens with one attached hydrogen (secondary N) is 2. The van der Waals surface area contributed by atoms with Gasteiger partial charge in [-0.1, -0.05) is 29.8 Å². The second-order valence-corrected chi connectivity index (χ2v) is 5.65. The Morgan fingerprint density at radius 2 is 2.10 bits per heavy atom. The van der Waals surface area contributed by atoms with E-state index in [0.717, 1.165) is 16.5 Å². The van der Waals surface area contributed by atoms with Crippen LogP contribution in [-0.2, 0) is 4.74 Å². The van der Waals surface area contributed by atoms with E-state index < -0.39 is 11.7 Å². The number of rotatable bonds is 2. The van der Waals surface area contributed by atoms with Gasteiger partial charge in [0.25, 0.3) is 0 Å². The topological polar surface area (TPSA) is 66.5 Å². The van der Waals surface area contributed by atoms with Gasteiger partial charge in [0, 0.05) is 16.5 Å². The molecule has 20 heavy (non-hydrogen) atoms. The number of hydrazone groups is 1. The number of carbonyl (C=O) groups is 1. The Morgan fingerprint density at radius 1 is 1.40 bits per heavy atom. The van der Waals surface area contributed by atoms with Crippen molar-refractivity contribution in [3.63, 3.8) is 0 Å². The highest BCUT2D eigenvalue weighted by Gasteiger charge is 2.15. The summed E-state index contributed by atoms with van der Waals surface area (Å²) in [5, 5.41) is 5.27. The molecule has 0 aliphatic heterocycles. The van der Waals surface area contributed by atoms with Crippen molar-refractivity contribution in [2.24, 2.45) is 5.10 Å². The van der Waals surface area contributed by atoms with Crippen molar-refractivity contribution in [1.29, 1.82) is 0 Å². The predicted octanol–water partition coefficient (Wildman–Crippen LogP) is 3.68. The lowest BCUT2D eigenvalue weighted by molar-refractivity contribution is 0.0529. The van der Waals surface area contributed by atoms with Gasteiger partial charge in [-0.05, 0) is 26.8 Å². The molecule has 1 aromatic heterocycles. The molecule has 5 nitrogen and oxygen atoms in total. The van der Waals surface area contributed by atoms with E-state index in [0.29, 0.717) is 5.15 Å². The SMILES string of the molecule is CC(C)(C)OC(=O)N/N=C/c1c(Cl)[nH]c2ccccc12. The molecule has 106 valence electrons. The largest absolute Gasteiger partial charge is 0.443 e.